The molecule has 0 aliphatic carbocycles. The summed E-state index contributed by atoms with van der Waals surface area (Å²) < 4.78 is 40.5. The molecule has 3 N–H and O–H groups in total. The number of hydrogen-bond donors (Lipinski definition) is 2. The van der Waals surface area contributed by atoms with Crippen molar-refractivity contribution in [2.75, 3.05) is 11.1 Å². The molecule has 8 heteroatoms. The molecule has 0 aliphatic rings. The van der Waals surface area contributed by atoms with Crippen LogP contribution in [0.2, 0.25) is 0 Å². The van der Waals surface area contributed by atoms with Crippen LogP contribution < -0.4 is 11.1 Å². The Hall–Kier alpha value is -3.49. The van der Waals surface area contributed by atoms with Gasteiger partial charge in [-0.15, -0.1) is 11.3 Å². The molecule has 0 unspecified atom stereocenters. The van der Waals surface area contributed by atoms with E-state index >= 15 is 0 Å². The highest BCUT2D eigenvalue weighted by molar-refractivity contribution is 7.92. The molecule has 3 aromatic carbocycles. The number of nitrogen functional groups attached to an aromatic ring is 1. The van der Waals surface area contributed by atoms with Gasteiger partial charge in [0.1, 0.15) is 20.6 Å². The second-order valence-electron chi connectivity index (χ2n) is 7.65. The molecule has 168 valence electrons. The largest absolute Gasteiger partial charge is 0.396 e. The van der Waals surface area contributed by atoms with Gasteiger partial charge in [-0.25, -0.2) is 12.8 Å². The van der Waals surface area contributed by atoms with Gasteiger partial charge in [-0.05, 0) is 50.2 Å². The quantitative estimate of drug-likeness (QED) is 0.336. The highest BCUT2D eigenvalue weighted by Crippen LogP contribution is 2.44. The summed E-state index contributed by atoms with van der Waals surface area (Å²) in [6.45, 7) is 3.76. The first-order valence-corrected chi connectivity index (χ1v) is 12.3. The van der Waals surface area contributed by atoms with Gasteiger partial charge in [0.2, 0.25) is 15.6 Å². The number of sulfone groups is 1. The van der Waals surface area contributed by atoms with Crippen LogP contribution in [-0.2, 0) is 9.84 Å². The minimum atomic E-state index is -4.05. The van der Waals surface area contributed by atoms with Crippen LogP contribution in [0.25, 0.3) is 0 Å². The third-order valence-corrected chi connectivity index (χ3v) is 8.22. The van der Waals surface area contributed by atoms with Crippen molar-refractivity contribution in [3.8, 4) is 0 Å². The number of thiophene rings is 1. The first-order valence-electron chi connectivity index (χ1n) is 10.0. The zero-order valence-electron chi connectivity index (χ0n) is 17.9. The lowest BCUT2D eigenvalue weighted by molar-refractivity contribution is 0.104. The molecule has 1 heterocycles. The van der Waals surface area contributed by atoms with Crippen LogP contribution in [0.4, 0.5) is 20.8 Å². The Balaban J connectivity index is 1.87. The van der Waals surface area contributed by atoms with Crippen LogP contribution in [0.3, 0.4) is 0 Å². The van der Waals surface area contributed by atoms with Crippen LogP contribution >= 0.6 is 11.3 Å². The first kappa shape index (κ1) is 22.7. The Labute approximate surface area is 195 Å². The van der Waals surface area contributed by atoms with E-state index in [2.05, 4.69) is 5.32 Å². The molecule has 0 amide bonds. The zero-order chi connectivity index (χ0) is 23.8. The van der Waals surface area contributed by atoms with Gasteiger partial charge < -0.3 is 11.1 Å². The number of aryl methyl sites for hydroxylation is 2. The number of nitrogens with two attached hydrogens (primary N) is 1. The minimum Gasteiger partial charge on any atom is -0.396 e. The lowest BCUT2D eigenvalue weighted by Crippen LogP contribution is -2.08. The predicted octanol–water partition coefficient (Wildman–Crippen LogP) is 5.89. The summed E-state index contributed by atoms with van der Waals surface area (Å²) in [7, 11) is -4.05. The number of hydrogen-bond acceptors (Lipinski definition) is 6. The van der Waals surface area contributed by atoms with Crippen molar-refractivity contribution in [3.63, 3.8) is 0 Å². The summed E-state index contributed by atoms with van der Waals surface area (Å²) >= 11 is 0.958. The average molecular weight is 481 g/mol. The summed E-state index contributed by atoms with van der Waals surface area (Å²) in [6.07, 6.45) is 0. The molecule has 0 atom stereocenters. The topological polar surface area (TPSA) is 89.3 Å². The Kier molecular flexibility index (Phi) is 6.05. The summed E-state index contributed by atoms with van der Waals surface area (Å²) in [6, 6.07) is 18.8. The van der Waals surface area contributed by atoms with Gasteiger partial charge in [0.05, 0.1) is 10.6 Å². The standard InChI is InChI=1S/C25H21FN2O3S2/c1-15-3-7-17(8-4-15)22(29)23-21(27)24(33(30,31)20-13-5-16(2)6-14-20)25(32-23)28-19-11-9-18(26)10-12-19/h3-14,28H,27H2,1-2H3. The zero-order valence-corrected chi connectivity index (χ0v) is 19.6. The number of nitrogens with one attached hydrogen (secondary N) is 1. The van der Waals surface area contributed by atoms with E-state index in [-0.39, 0.29) is 31.1 Å². The molecule has 0 aliphatic heterocycles. The maximum absolute atomic E-state index is 13.6. The van der Waals surface area contributed by atoms with Gasteiger partial charge in [0.25, 0.3) is 0 Å². The highest BCUT2D eigenvalue weighted by atomic mass is 32.2. The van der Waals surface area contributed by atoms with Crippen LogP contribution in [0, 0.1) is 19.7 Å². The van der Waals surface area contributed by atoms with E-state index in [1.54, 1.807) is 36.4 Å². The number of benzene rings is 3. The van der Waals surface area contributed by atoms with Gasteiger partial charge in [-0.2, -0.15) is 0 Å². The van der Waals surface area contributed by atoms with Crippen molar-refractivity contribution in [2.24, 2.45) is 0 Å². The van der Waals surface area contributed by atoms with E-state index in [4.69, 9.17) is 5.73 Å². The molecule has 0 spiro atoms. The van der Waals surface area contributed by atoms with E-state index in [1.807, 2.05) is 13.8 Å². The highest BCUT2D eigenvalue weighted by Gasteiger charge is 2.31. The minimum absolute atomic E-state index is 0.0640. The number of carbonyl (C=O) groups is 1. The van der Waals surface area contributed by atoms with Crippen LogP contribution in [0.5, 0.6) is 0 Å². The lowest BCUT2D eigenvalue weighted by Gasteiger charge is -2.10. The second kappa shape index (κ2) is 8.80. The van der Waals surface area contributed by atoms with Crippen molar-refractivity contribution >= 4 is 43.3 Å². The fraction of sp³-hybridized carbons (Fsp3) is 0.0800. The van der Waals surface area contributed by atoms with Gasteiger partial charge in [0, 0.05) is 11.3 Å². The average Bonchev–Trinajstić information content (AvgIpc) is 3.12. The number of carbonyl (C=O) groups excluding carboxylic acids is 1. The smallest absolute Gasteiger partial charge is 0.211 e. The fourth-order valence-electron chi connectivity index (χ4n) is 3.28. The molecule has 4 aromatic rings. The third-order valence-electron chi connectivity index (χ3n) is 5.12. The monoisotopic (exact) mass is 480 g/mol. The molecule has 0 bridgehead atoms. The van der Waals surface area contributed by atoms with Crippen LogP contribution in [0.15, 0.2) is 82.6 Å². The van der Waals surface area contributed by atoms with Crippen molar-refractivity contribution in [2.45, 2.75) is 23.6 Å². The predicted molar refractivity (Wildman–Crippen MR) is 130 cm³/mol. The Bertz CT molecular complexity index is 1430. The lowest BCUT2D eigenvalue weighted by atomic mass is 10.1. The van der Waals surface area contributed by atoms with Gasteiger partial charge in [0.15, 0.2) is 0 Å². The van der Waals surface area contributed by atoms with E-state index in [1.165, 1.54) is 36.4 Å². The van der Waals surface area contributed by atoms with Gasteiger partial charge >= 0.3 is 0 Å². The van der Waals surface area contributed by atoms with E-state index in [0.29, 0.717) is 11.3 Å². The number of rotatable bonds is 6. The molecule has 0 radical (unpaired) electrons. The molecule has 0 saturated carbocycles. The molecule has 4 rings (SSSR count). The maximum atomic E-state index is 13.6. The van der Waals surface area contributed by atoms with E-state index in [9.17, 15) is 17.6 Å². The van der Waals surface area contributed by atoms with Gasteiger partial charge in [-0.1, -0.05) is 47.5 Å². The summed E-state index contributed by atoms with van der Waals surface area (Å²) in [5.41, 5.74) is 8.97. The third kappa shape index (κ3) is 4.53. The molecular weight excluding hydrogens is 459 g/mol. The Morgan fingerprint density at radius 1 is 0.879 bits per heavy atom. The molecule has 5 nitrogen and oxygen atoms in total. The van der Waals surface area contributed by atoms with E-state index < -0.39 is 15.7 Å². The van der Waals surface area contributed by atoms with Crippen molar-refractivity contribution in [3.05, 3.63) is 100 Å². The van der Waals surface area contributed by atoms with Crippen molar-refractivity contribution < 1.29 is 17.6 Å². The Morgan fingerprint density at radius 2 is 1.42 bits per heavy atom. The number of ketones is 1. The summed E-state index contributed by atoms with van der Waals surface area (Å²) in [5, 5.41) is 3.19. The normalized spacial score (nSPS) is 11.4. The maximum Gasteiger partial charge on any atom is 0.211 e. The van der Waals surface area contributed by atoms with Gasteiger partial charge in [-0.3, -0.25) is 4.79 Å². The Morgan fingerprint density at radius 3 is 2.00 bits per heavy atom. The summed E-state index contributed by atoms with van der Waals surface area (Å²) in [5.74, 6) is -0.793. The number of anilines is 3. The van der Waals surface area contributed by atoms with Crippen LogP contribution in [0.1, 0.15) is 26.4 Å². The first-order chi connectivity index (χ1) is 15.7. The van der Waals surface area contributed by atoms with Crippen molar-refractivity contribution in [1.29, 1.82) is 0 Å². The second-order valence-corrected chi connectivity index (χ2v) is 10.6. The van der Waals surface area contributed by atoms with Crippen LogP contribution in [-0.4, -0.2) is 14.2 Å². The molecule has 0 fully saturated rings. The SMILES string of the molecule is Cc1ccc(C(=O)c2sc(Nc3ccc(F)cc3)c(S(=O)(=O)c3ccc(C)cc3)c2N)cc1. The molecular formula is C25H21FN2O3S2. The van der Waals surface area contributed by atoms with Crippen molar-refractivity contribution in [1.82, 2.24) is 0 Å². The fourth-order valence-corrected chi connectivity index (χ4v) is 6.22. The molecule has 1 aromatic heterocycles. The molecule has 0 saturated heterocycles. The van der Waals surface area contributed by atoms with E-state index in [0.717, 1.165) is 22.5 Å². The number of halogens is 1. The summed E-state index contributed by atoms with van der Waals surface area (Å²) in [4.78, 5) is 13.2. The molecule has 33 heavy (non-hydrogen) atoms.